The van der Waals surface area contributed by atoms with E-state index in [1.54, 1.807) is 40.3 Å². The summed E-state index contributed by atoms with van der Waals surface area (Å²) in [5, 5.41) is 29.9. The van der Waals surface area contributed by atoms with Gasteiger partial charge in [0.05, 0.1) is 21.7 Å². The molecule has 0 fully saturated rings. The predicted octanol–water partition coefficient (Wildman–Crippen LogP) is 7.67. The SMILES string of the molecule is CSC(C)(C)c1cc(NC(=O)NCc2ccccc2Sc2ccc3nnc(-c4ccccc4O)n3c2)n(-c2cccc(C)c2)n1. The van der Waals surface area contributed by atoms with Gasteiger partial charge in [-0.15, -0.1) is 10.2 Å². The zero-order valence-electron chi connectivity index (χ0n) is 25.4. The van der Waals surface area contributed by atoms with Crippen molar-refractivity contribution in [3.63, 3.8) is 0 Å². The second-order valence-electron chi connectivity index (χ2n) is 11.0. The Morgan fingerprint density at radius 1 is 0.956 bits per heavy atom. The first-order valence-electron chi connectivity index (χ1n) is 14.4. The molecule has 2 amide bonds. The summed E-state index contributed by atoms with van der Waals surface area (Å²) in [6, 6.07) is 28.6. The van der Waals surface area contributed by atoms with Crippen LogP contribution in [0, 0.1) is 6.92 Å². The Balaban J connectivity index is 1.20. The van der Waals surface area contributed by atoms with Gasteiger partial charge in [0.25, 0.3) is 0 Å². The first-order chi connectivity index (χ1) is 21.7. The lowest BCUT2D eigenvalue weighted by atomic mass is 10.1. The molecule has 228 valence electrons. The fourth-order valence-electron chi connectivity index (χ4n) is 4.82. The lowest BCUT2D eigenvalue weighted by molar-refractivity contribution is 0.251. The van der Waals surface area contributed by atoms with Crippen LogP contribution < -0.4 is 10.6 Å². The maximum atomic E-state index is 13.2. The number of aryl methyl sites for hydroxylation is 1. The lowest BCUT2D eigenvalue weighted by Crippen LogP contribution is -2.29. The number of carbonyl (C=O) groups excluding carboxylic acids is 1. The minimum Gasteiger partial charge on any atom is -0.507 e. The third kappa shape index (κ3) is 6.54. The first-order valence-corrected chi connectivity index (χ1v) is 16.4. The van der Waals surface area contributed by atoms with Crippen LogP contribution in [0.5, 0.6) is 5.75 Å². The first kappa shape index (κ1) is 30.3. The van der Waals surface area contributed by atoms with Crippen molar-refractivity contribution in [3.8, 4) is 22.8 Å². The summed E-state index contributed by atoms with van der Waals surface area (Å²) >= 11 is 3.28. The van der Waals surface area contributed by atoms with E-state index in [0.29, 0.717) is 29.4 Å². The lowest BCUT2D eigenvalue weighted by Gasteiger charge is -2.18. The van der Waals surface area contributed by atoms with Crippen molar-refractivity contribution in [2.24, 2.45) is 0 Å². The van der Waals surface area contributed by atoms with Gasteiger partial charge in [0.15, 0.2) is 11.5 Å². The summed E-state index contributed by atoms with van der Waals surface area (Å²) in [6.07, 6.45) is 4.01. The van der Waals surface area contributed by atoms with Gasteiger partial charge >= 0.3 is 6.03 Å². The van der Waals surface area contributed by atoms with Crippen LogP contribution in [-0.2, 0) is 11.3 Å². The highest BCUT2D eigenvalue weighted by molar-refractivity contribution is 7.99. The Labute approximate surface area is 270 Å². The van der Waals surface area contributed by atoms with Crippen LogP contribution in [-0.4, -0.2) is 41.8 Å². The highest BCUT2D eigenvalue weighted by Gasteiger charge is 2.25. The number of nitrogens with one attached hydrogen (secondary N) is 2. The normalized spacial score (nSPS) is 11.6. The zero-order valence-corrected chi connectivity index (χ0v) is 27.0. The van der Waals surface area contributed by atoms with Gasteiger partial charge in [0.1, 0.15) is 11.6 Å². The number of phenols is 1. The molecular formula is C34H33N7O2S2. The van der Waals surface area contributed by atoms with E-state index in [9.17, 15) is 9.90 Å². The monoisotopic (exact) mass is 635 g/mol. The quantitative estimate of drug-likeness (QED) is 0.150. The number of para-hydroxylation sites is 1. The number of pyridine rings is 1. The number of anilines is 1. The molecule has 0 atom stereocenters. The Morgan fingerprint density at radius 3 is 2.56 bits per heavy atom. The largest absolute Gasteiger partial charge is 0.507 e. The third-order valence-electron chi connectivity index (χ3n) is 7.48. The Morgan fingerprint density at radius 2 is 1.76 bits per heavy atom. The Bertz CT molecular complexity index is 2000. The molecule has 3 aromatic heterocycles. The molecular weight excluding hydrogens is 603 g/mol. The number of urea groups is 1. The number of hydrogen-bond acceptors (Lipinski definition) is 7. The van der Waals surface area contributed by atoms with Crippen LogP contribution in [0.15, 0.2) is 107 Å². The van der Waals surface area contributed by atoms with Crippen LogP contribution in [0.4, 0.5) is 10.6 Å². The fraction of sp³-hybridized carbons (Fsp3) is 0.176. The number of benzene rings is 3. The molecule has 0 aliphatic heterocycles. The number of aromatic hydroxyl groups is 1. The molecule has 0 spiro atoms. The van der Waals surface area contributed by atoms with Gasteiger partial charge in [-0.25, -0.2) is 9.48 Å². The molecule has 0 unspecified atom stereocenters. The minimum atomic E-state index is -0.324. The molecule has 45 heavy (non-hydrogen) atoms. The summed E-state index contributed by atoms with van der Waals surface area (Å²) in [5.41, 5.74) is 5.12. The molecule has 0 bridgehead atoms. The van der Waals surface area contributed by atoms with Gasteiger partial charge in [0.2, 0.25) is 0 Å². The van der Waals surface area contributed by atoms with E-state index < -0.39 is 0 Å². The van der Waals surface area contributed by atoms with Crippen LogP contribution in [0.2, 0.25) is 0 Å². The van der Waals surface area contributed by atoms with E-state index in [0.717, 1.165) is 32.3 Å². The predicted molar refractivity (Wildman–Crippen MR) is 181 cm³/mol. The average molecular weight is 636 g/mol. The molecule has 0 radical (unpaired) electrons. The molecule has 3 N–H and O–H groups in total. The van der Waals surface area contributed by atoms with Crippen LogP contribution in [0.1, 0.15) is 30.7 Å². The highest BCUT2D eigenvalue weighted by atomic mass is 32.2. The summed E-state index contributed by atoms with van der Waals surface area (Å²) in [7, 11) is 0. The summed E-state index contributed by atoms with van der Waals surface area (Å²) in [4.78, 5) is 15.2. The van der Waals surface area contributed by atoms with Crippen molar-refractivity contribution < 1.29 is 9.90 Å². The van der Waals surface area contributed by atoms with E-state index in [1.807, 2.05) is 96.4 Å². The summed E-state index contributed by atoms with van der Waals surface area (Å²) in [5.74, 6) is 1.30. The smallest absolute Gasteiger partial charge is 0.320 e. The van der Waals surface area contributed by atoms with Crippen LogP contribution >= 0.6 is 23.5 Å². The number of aromatic nitrogens is 5. The maximum Gasteiger partial charge on any atom is 0.320 e. The molecule has 11 heteroatoms. The Hall–Kier alpha value is -4.74. The number of fused-ring (bicyclic) bond motifs is 1. The van der Waals surface area contributed by atoms with Gasteiger partial charge in [-0.3, -0.25) is 9.72 Å². The number of phenolic OH excluding ortho intramolecular Hbond substituents is 1. The number of nitrogens with zero attached hydrogens (tertiary/aromatic N) is 5. The summed E-state index contributed by atoms with van der Waals surface area (Å²) < 4.78 is 3.43. The van der Waals surface area contributed by atoms with Gasteiger partial charge in [-0.2, -0.15) is 16.9 Å². The molecule has 0 aliphatic carbocycles. The van der Waals surface area contributed by atoms with Crippen molar-refractivity contribution in [2.75, 3.05) is 11.6 Å². The molecule has 0 saturated heterocycles. The van der Waals surface area contributed by atoms with Crippen molar-refractivity contribution in [2.45, 2.75) is 41.9 Å². The molecule has 3 heterocycles. The number of amides is 2. The zero-order chi connectivity index (χ0) is 31.6. The number of hydrogen-bond donors (Lipinski definition) is 3. The topological polar surface area (TPSA) is 109 Å². The van der Waals surface area contributed by atoms with E-state index in [2.05, 4.69) is 40.9 Å². The number of thioether (sulfide) groups is 1. The van der Waals surface area contributed by atoms with Crippen molar-refractivity contribution in [1.82, 2.24) is 29.7 Å². The Kier molecular flexibility index (Phi) is 8.55. The molecule has 0 aliphatic rings. The van der Waals surface area contributed by atoms with Gasteiger partial charge in [-0.05, 0) is 80.6 Å². The fourth-order valence-corrected chi connectivity index (χ4v) is 6.09. The average Bonchev–Trinajstić information content (AvgIpc) is 3.66. The van der Waals surface area contributed by atoms with Crippen molar-refractivity contribution in [3.05, 3.63) is 114 Å². The van der Waals surface area contributed by atoms with E-state index >= 15 is 0 Å². The van der Waals surface area contributed by atoms with E-state index in [-0.39, 0.29) is 16.5 Å². The van der Waals surface area contributed by atoms with Gasteiger partial charge < -0.3 is 10.4 Å². The molecule has 3 aromatic carbocycles. The molecule has 9 nitrogen and oxygen atoms in total. The second-order valence-corrected chi connectivity index (χ2v) is 13.6. The third-order valence-corrected chi connectivity index (χ3v) is 9.81. The highest BCUT2D eigenvalue weighted by Crippen LogP contribution is 2.35. The number of rotatable bonds is 9. The minimum absolute atomic E-state index is 0.144. The summed E-state index contributed by atoms with van der Waals surface area (Å²) in [6.45, 7) is 6.60. The maximum absolute atomic E-state index is 13.2. The van der Waals surface area contributed by atoms with Crippen LogP contribution in [0.25, 0.3) is 22.7 Å². The van der Waals surface area contributed by atoms with Crippen molar-refractivity contribution in [1.29, 1.82) is 0 Å². The van der Waals surface area contributed by atoms with Gasteiger partial charge in [-0.1, -0.05) is 54.2 Å². The second kappa shape index (κ2) is 12.7. The molecule has 6 aromatic rings. The molecule has 0 saturated carbocycles. The van der Waals surface area contributed by atoms with E-state index in [1.165, 1.54) is 0 Å². The number of carbonyl (C=O) groups is 1. The van der Waals surface area contributed by atoms with Gasteiger partial charge in [0, 0.05) is 28.6 Å². The van der Waals surface area contributed by atoms with E-state index in [4.69, 9.17) is 5.10 Å². The van der Waals surface area contributed by atoms with Crippen LogP contribution in [0.3, 0.4) is 0 Å². The standard InChI is InChI=1S/C34H33N7O2S2/c1-22-10-9-12-24(18-22)41-31(19-29(39-41)34(2,3)44-4)36-33(43)35-20-23-11-5-8-15-28(23)45-25-16-17-30-37-38-32(40(30)21-25)26-13-6-7-14-27(26)42/h5-19,21,42H,20H2,1-4H3,(H2,35,36,43). The van der Waals surface area contributed by atoms with Crippen molar-refractivity contribution >= 4 is 41.0 Å². The molecule has 6 rings (SSSR count).